The van der Waals surface area contributed by atoms with E-state index in [1.165, 1.54) is 24.1 Å². The lowest BCUT2D eigenvalue weighted by molar-refractivity contribution is -0.113. The third-order valence-electron chi connectivity index (χ3n) is 5.01. The molecule has 0 spiro atoms. The zero-order valence-corrected chi connectivity index (χ0v) is 20.5. The van der Waals surface area contributed by atoms with Gasteiger partial charge < -0.3 is 15.1 Å². The topological polar surface area (TPSA) is 88.4 Å². The molecule has 0 unspecified atom stereocenters. The molecule has 0 saturated carbocycles. The van der Waals surface area contributed by atoms with Gasteiger partial charge in [0.05, 0.1) is 12.0 Å². The highest BCUT2D eigenvalue weighted by Gasteiger charge is 2.16. The summed E-state index contributed by atoms with van der Waals surface area (Å²) in [5.74, 6) is -0.231. The molecule has 0 bridgehead atoms. The highest BCUT2D eigenvalue weighted by atomic mass is 35.5. The second kappa shape index (κ2) is 12.1. The van der Waals surface area contributed by atoms with Crippen molar-refractivity contribution in [1.82, 2.24) is 5.32 Å². The Labute approximate surface area is 217 Å². The predicted octanol–water partition coefficient (Wildman–Crippen LogP) is 6.32. The fourth-order valence-corrected chi connectivity index (χ4v) is 4.08. The van der Waals surface area contributed by atoms with Crippen molar-refractivity contribution in [2.24, 2.45) is 0 Å². The molecule has 3 aromatic carbocycles. The van der Waals surface area contributed by atoms with Gasteiger partial charge in [-0.15, -0.1) is 11.8 Å². The van der Waals surface area contributed by atoms with E-state index in [9.17, 15) is 14.4 Å². The number of thioether (sulfide) groups is 1. The van der Waals surface area contributed by atoms with E-state index >= 15 is 0 Å². The minimum Gasteiger partial charge on any atom is -0.465 e. The first-order valence-corrected chi connectivity index (χ1v) is 12.3. The minimum absolute atomic E-state index is 0.00379. The zero-order chi connectivity index (χ0) is 25.3. The summed E-state index contributed by atoms with van der Waals surface area (Å²) in [6.45, 7) is 0. The van der Waals surface area contributed by atoms with E-state index in [1.807, 2.05) is 12.1 Å². The fraction of sp³-hybridized carbons (Fsp3) is 0.0357. The van der Waals surface area contributed by atoms with Crippen LogP contribution in [0.1, 0.15) is 26.5 Å². The highest BCUT2D eigenvalue weighted by Crippen LogP contribution is 2.22. The van der Waals surface area contributed by atoms with Gasteiger partial charge in [0.1, 0.15) is 11.5 Å². The molecular weight excluding hydrogens is 496 g/mol. The molecule has 0 atom stereocenters. The molecule has 0 aliphatic rings. The minimum atomic E-state index is -0.506. The number of anilines is 1. The summed E-state index contributed by atoms with van der Waals surface area (Å²) in [7, 11) is 0. The van der Waals surface area contributed by atoms with Crippen LogP contribution in [0.4, 0.5) is 5.69 Å². The summed E-state index contributed by atoms with van der Waals surface area (Å²) in [5, 5.41) is 6.02. The van der Waals surface area contributed by atoms with Gasteiger partial charge in [0.25, 0.3) is 11.8 Å². The molecule has 8 heteroatoms. The van der Waals surface area contributed by atoms with Crippen LogP contribution >= 0.6 is 23.4 Å². The van der Waals surface area contributed by atoms with Crippen LogP contribution in [-0.4, -0.2) is 23.4 Å². The number of carbonyl (C=O) groups excluding carboxylic acids is 3. The molecule has 2 N–H and O–H groups in total. The van der Waals surface area contributed by atoms with Crippen LogP contribution in [0.2, 0.25) is 5.02 Å². The Morgan fingerprint density at radius 1 is 0.833 bits per heavy atom. The zero-order valence-electron chi connectivity index (χ0n) is 18.9. The van der Waals surface area contributed by atoms with Crippen LogP contribution in [0, 0.1) is 0 Å². The van der Waals surface area contributed by atoms with Crippen molar-refractivity contribution in [3.8, 4) is 0 Å². The third-order valence-corrected chi connectivity index (χ3v) is 6.27. The van der Waals surface area contributed by atoms with Gasteiger partial charge in [-0.25, -0.2) is 0 Å². The molecule has 6 nitrogen and oxygen atoms in total. The highest BCUT2D eigenvalue weighted by molar-refractivity contribution is 8.00. The summed E-state index contributed by atoms with van der Waals surface area (Å²) in [6, 6.07) is 25.9. The van der Waals surface area contributed by atoms with Crippen molar-refractivity contribution in [3.63, 3.8) is 0 Å². The van der Waals surface area contributed by atoms with Gasteiger partial charge in [-0.1, -0.05) is 29.8 Å². The molecule has 1 heterocycles. The number of halogens is 1. The van der Waals surface area contributed by atoms with Crippen LogP contribution in [0.15, 0.2) is 112 Å². The Morgan fingerprint density at radius 3 is 2.22 bits per heavy atom. The Morgan fingerprint density at radius 2 is 1.56 bits per heavy atom. The molecular formula is C28H21ClN2O4S. The lowest BCUT2D eigenvalue weighted by Crippen LogP contribution is -2.30. The van der Waals surface area contributed by atoms with Crippen LogP contribution in [0.3, 0.4) is 0 Å². The van der Waals surface area contributed by atoms with Gasteiger partial charge in [-0.05, 0) is 72.8 Å². The smallest absolute Gasteiger partial charge is 0.272 e. The van der Waals surface area contributed by atoms with Gasteiger partial charge in [0.2, 0.25) is 0 Å². The Balaban J connectivity index is 1.40. The number of Topliss-reactive ketones (excluding diaryl/α,β-unsaturated/α-hetero) is 1. The van der Waals surface area contributed by atoms with Gasteiger partial charge >= 0.3 is 0 Å². The standard InChI is InChI=1S/C28H21ClN2O4S/c29-21-10-8-19(9-11-21)26(32)18-36-24-14-12-22(13-15-24)30-28(34)25(17-23-7-4-16-35-23)31-27(33)20-5-2-1-3-6-20/h1-17H,18H2,(H,30,34)(H,31,33)/b25-17-. The SMILES string of the molecule is O=C(Nc1ccc(SCC(=O)c2ccc(Cl)cc2)cc1)/C(=C/c1ccco1)NC(=O)c1ccccc1. The van der Waals surface area contributed by atoms with E-state index in [0.29, 0.717) is 27.6 Å². The van der Waals surface area contributed by atoms with Gasteiger partial charge in [-0.3, -0.25) is 14.4 Å². The van der Waals surface area contributed by atoms with E-state index in [1.54, 1.807) is 78.9 Å². The molecule has 0 radical (unpaired) electrons. The second-order valence-electron chi connectivity index (χ2n) is 7.59. The first-order chi connectivity index (χ1) is 17.5. The number of nitrogens with one attached hydrogen (secondary N) is 2. The van der Waals surface area contributed by atoms with Crippen molar-refractivity contribution in [3.05, 3.63) is 125 Å². The fourth-order valence-electron chi connectivity index (χ4n) is 3.16. The van der Waals surface area contributed by atoms with Crippen LogP contribution in [0.25, 0.3) is 6.08 Å². The van der Waals surface area contributed by atoms with Crippen molar-refractivity contribution in [1.29, 1.82) is 0 Å². The largest absolute Gasteiger partial charge is 0.465 e. The maximum absolute atomic E-state index is 13.0. The molecule has 4 aromatic rings. The molecule has 0 aliphatic carbocycles. The summed E-state index contributed by atoms with van der Waals surface area (Å²) in [6.07, 6.45) is 2.94. The van der Waals surface area contributed by atoms with Gasteiger partial charge in [0, 0.05) is 32.8 Å². The lowest BCUT2D eigenvalue weighted by atomic mass is 10.1. The number of amides is 2. The van der Waals surface area contributed by atoms with Crippen molar-refractivity contribution in [2.75, 3.05) is 11.1 Å². The maximum atomic E-state index is 13.0. The van der Waals surface area contributed by atoms with Gasteiger partial charge in [-0.2, -0.15) is 0 Å². The summed E-state index contributed by atoms with van der Waals surface area (Å²) in [5.41, 5.74) is 1.59. The molecule has 4 rings (SSSR count). The Bertz CT molecular complexity index is 1370. The van der Waals surface area contributed by atoms with Crippen LogP contribution < -0.4 is 10.6 Å². The number of benzene rings is 3. The van der Waals surface area contributed by atoms with E-state index in [0.717, 1.165) is 4.90 Å². The summed E-state index contributed by atoms with van der Waals surface area (Å²) < 4.78 is 5.31. The third kappa shape index (κ3) is 6.97. The molecule has 0 saturated heterocycles. The number of ketones is 1. The predicted molar refractivity (Wildman–Crippen MR) is 142 cm³/mol. The first-order valence-electron chi connectivity index (χ1n) is 10.9. The maximum Gasteiger partial charge on any atom is 0.272 e. The van der Waals surface area contributed by atoms with Crippen LogP contribution in [-0.2, 0) is 4.79 Å². The van der Waals surface area contributed by atoms with Gasteiger partial charge in [0.15, 0.2) is 5.78 Å². The first kappa shape index (κ1) is 25.0. The molecule has 180 valence electrons. The molecule has 0 fully saturated rings. The van der Waals surface area contributed by atoms with Crippen molar-refractivity contribution >= 4 is 52.7 Å². The second-order valence-corrected chi connectivity index (χ2v) is 9.08. The van der Waals surface area contributed by atoms with Crippen LogP contribution in [0.5, 0.6) is 0 Å². The number of hydrogen-bond acceptors (Lipinski definition) is 5. The summed E-state index contributed by atoms with van der Waals surface area (Å²) >= 11 is 7.27. The van der Waals surface area contributed by atoms with E-state index in [-0.39, 0.29) is 17.2 Å². The number of rotatable bonds is 9. The monoisotopic (exact) mass is 516 g/mol. The quantitative estimate of drug-likeness (QED) is 0.154. The molecule has 2 amide bonds. The molecule has 36 heavy (non-hydrogen) atoms. The van der Waals surface area contributed by atoms with E-state index in [2.05, 4.69) is 10.6 Å². The lowest BCUT2D eigenvalue weighted by Gasteiger charge is -2.11. The van der Waals surface area contributed by atoms with Crippen molar-refractivity contribution in [2.45, 2.75) is 4.90 Å². The van der Waals surface area contributed by atoms with E-state index < -0.39 is 11.8 Å². The van der Waals surface area contributed by atoms with E-state index in [4.69, 9.17) is 16.0 Å². The molecule has 1 aromatic heterocycles. The number of carbonyl (C=O) groups is 3. The number of hydrogen-bond donors (Lipinski definition) is 2. The number of furan rings is 1. The summed E-state index contributed by atoms with van der Waals surface area (Å²) in [4.78, 5) is 38.9. The average Bonchev–Trinajstić information content (AvgIpc) is 3.42. The molecule has 0 aliphatic heterocycles. The Hall–Kier alpha value is -4.07. The van der Waals surface area contributed by atoms with Crippen molar-refractivity contribution < 1.29 is 18.8 Å². The normalized spacial score (nSPS) is 11.1. The Kier molecular flexibility index (Phi) is 8.39. The average molecular weight is 517 g/mol.